The van der Waals surface area contributed by atoms with Gasteiger partial charge in [0.15, 0.2) is 6.10 Å². The van der Waals surface area contributed by atoms with Crippen LogP contribution in [0.4, 0.5) is 0 Å². The third kappa shape index (κ3) is 58.3. The lowest BCUT2D eigenvalue weighted by Gasteiger charge is -2.18. The lowest BCUT2D eigenvalue weighted by Crippen LogP contribution is -2.30. The highest BCUT2D eigenvalue weighted by Crippen LogP contribution is 2.17. The molecule has 420 valence electrons. The summed E-state index contributed by atoms with van der Waals surface area (Å²) < 4.78 is 16.9. The molecule has 0 N–H and O–H groups in total. The zero-order valence-electron chi connectivity index (χ0n) is 48.2. The van der Waals surface area contributed by atoms with Crippen molar-refractivity contribution in [3.8, 4) is 0 Å². The maximum absolute atomic E-state index is 12.9. The van der Waals surface area contributed by atoms with E-state index in [0.717, 1.165) is 89.9 Å². The summed E-state index contributed by atoms with van der Waals surface area (Å²) >= 11 is 0. The lowest BCUT2D eigenvalue weighted by molar-refractivity contribution is -0.167. The first-order valence-electron chi connectivity index (χ1n) is 31.6. The summed E-state index contributed by atoms with van der Waals surface area (Å²) in [6.07, 6.45) is 75.4. The molecule has 0 aliphatic heterocycles. The molecule has 1 atom stereocenters. The molecule has 72 heavy (non-hydrogen) atoms. The molecule has 0 rings (SSSR count). The van der Waals surface area contributed by atoms with E-state index < -0.39 is 6.10 Å². The van der Waals surface area contributed by atoms with Gasteiger partial charge >= 0.3 is 17.9 Å². The van der Waals surface area contributed by atoms with Crippen LogP contribution in [0.5, 0.6) is 0 Å². The molecule has 0 fully saturated rings. The maximum atomic E-state index is 12.9. The minimum Gasteiger partial charge on any atom is -0.462 e. The second kappa shape index (κ2) is 60.9. The van der Waals surface area contributed by atoms with Gasteiger partial charge in [-0.1, -0.05) is 281 Å². The number of esters is 3. The van der Waals surface area contributed by atoms with Gasteiger partial charge in [0.1, 0.15) is 13.2 Å². The van der Waals surface area contributed by atoms with E-state index in [1.54, 1.807) is 0 Å². The SMILES string of the molecule is CCCCC/C=C\C/C=C\CCCCCCCCCC(=O)OC(COC(=O)CCCCCCC/C=C\C/C=C\CCCCC)COC(=O)CCCCCCCCCCCCCCCCCCCCCCCC. The zero-order chi connectivity index (χ0) is 52.2. The van der Waals surface area contributed by atoms with Gasteiger partial charge in [0.2, 0.25) is 0 Å². The Morgan fingerprint density at radius 2 is 0.500 bits per heavy atom. The predicted octanol–water partition coefficient (Wildman–Crippen LogP) is 21.4. The lowest BCUT2D eigenvalue weighted by atomic mass is 10.0. The van der Waals surface area contributed by atoms with E-state index in [1.807, 2.05) is 0 Å². The van der Waals surface area contributed by atoms with Gasteiger partial charge in [-0.3, -0.25) is 14.4 Å². The van der Waals surface area contributed by atoms with Crippen molar-refractivity contribution in [2.75, 3.05) is 13.2 Å². The molecule has 6 nitrogen and oxygen atoms in total. The first-order chi connectivity index (χ1) is 35.5. The van der Waals surface area contributed by atoms with Gasteiger partial charge in [0.25, 0.3) is 0 Å². The number of allylic oxidation sites excluding steroid dienone is 8. The van der Waals surface area contributed by atoms with E-state index in [0.29, 0.717) is 19.3 Å². The first-order valence-corrected chi connectivity index (χ1v) is 31.6. The molecule has 0 saturated carbocycles. The summed E-state index contributed by atoms with van der Waals surface area (Å²) in [5.74, 6) is -0.880. The standard InChI is InChI=1S/C66H120O6/c1-4-7-10-13-16-19-22-25-28-30-31-32-33-34-36-38-41-44-47-50-53-56-59-65(68)71-62-63(61-70-64(67)58-55-52-49-46-43-40-37-27-24-21-18-15-12-9-6-3)72-66(69)60-57-54-51-48-45-42-39-35-29-26-23-20-17-14-11-8-5-2/h17-18,20-21,26-27,29,37,63H,4-16,19,22-25,28,30-36,38-62H2,1-3H3/b20-17-,21-18-,29-26-,37-27-. The Balaban J connectivity index is 4.32. The van der Waals surface area contributed by atoms with Crippen LogP contribution < -0.4 is 0 Å². The second-order valence-corrected chi connectivity index (χ2v) is 21.3. The van der Waals surface area contributed by atoms with Gasteiger partial charge in [0, 0.05) is 19.3 Å². The van der Waals surface area contributed by atoms with Gasteiger partial charge < -0.3 is 14.2 Å². The number of hydrogen-bond acceptors (Lipinski definition) is 6. The fourth-order valence-corrected chi connectivity index (χ4v) is 9.27. The van der Waals surface area contributed by atoms with Crippen LogP contribution in [0, 0.1) is 0 Å². The quantitative estimate of drug-likeness (QED) is 0.0261. The maximum Gasteiger partial charge on any atom is 0.306 e. The van der Waals surface area contributed by atoms with E-state index in [4.69, 9.17) is 14.2 Å². The number of carbonyl (C=O) groups excluding carboxylic acids is 3. The molecule has 0 aromatic heterocycles. The average molecular weight is 1010 g/mol. The number of carbonyl (C=O) groups is 3. The van der Waals surface area contributed by atoms with Gasteiger partial charge in [-0.15, -0.1) is 0 Å². The number of ether oxygens (including phenoxy) is 3. The largest absolute Gasteiger partial charge is 0.462 e. The molecule has 0 radical (unpaired) electrons. The molecule has 0 aromatic rings. The third-order valence-corrected chi connectivity index (χ3v) is 14.1. The van der Waals surface area contributed by atoms with E-state index >= 15 is 0 Å². The average Bonchev–Trinajstić information content (AvgIpc) is 3.38. The Labute approximate surface area is 448 Å². The molecule has 1 unspecified atom stereocenters. The molecular weight excluding hydrogens is 889 g/mol. The summed E-state index contributed by atoms with van der Waals surface area (Å²) in [5, 5.41) is 0. The van der Waals surface area contributed by atoms with Crippen LogP contribution in [-0.4, -0.2) is 37.2 Å². The normalized spacial score (nSPS) is 12.3. The van der Waals surface area contributed by atoms with Gasteiger partial charge in [-0.05, 0) is 83.5 Å². The molecule has 0 amide bonds. The zero-order valence-corrected chi connectivity index (χ0v) is 48.2. The Morgan fingerprint density at radius 3 is 0.792 bits per heavy atom. The van der Waals surface area contributed by atoms with Crippen LogP contribution in [0.3, 0.4) is 0 Å². The Kier molecular flexibility index (Phi) is 58.7. The highest BCUT2D eigenvalue weighted by atomic mass is 16.6. The Morgan fingerprint density at radius 1 is 0.278 bits per heavy atom. The fourth-order valence-electron chi connectivity index (χ4n) is 9.27. The van der Waals surface area contributed by atoms with Gasteiger partial charge in [-0.2, -0.15) is 0 Å². The summed E-state index contributed by atoms with van der Waals surface area (Å²) in [5.41, 5.74) is 0. The van der Waals surface area contributed by atoms with Crippen LogP contribution in [0.2, 0.25) is 0 Å². The van der Waals surface area contributed by atoms with Gasteiger partial charge in [0.05, 0.1) is 0 Å². The molecule has 0 saturated heterocycles. The minimum atomic E-state index is -0.782. The Bertz CT molecular complexity index is 1250. The molecule has 0 aromatic carbocycles. The van der Waals surface area contributed by atoms with E-state index in [9.17, 15) is 14.4 Å². The van der Waals surface area contributed by atoms with E-state index in [1.165, 1.54) is 205 Å². The van der Waals surface area contributed by atoms with Crippen molar-refractivity contribution in [2.24, 2.45) is 0 Å². The van der Waals surface area contributed by atoms with Crippen molar-refractivity contribution >= 4 is 17.9 Å². The molecule has 0 heterocycles. The first kappa shape index (κ1) is 69.4. The van der Waals surface area contributed by atoms with Crippen molar-refractivity contribution in [3.05, 3.63) is 48.6 Å². The fraction of sp³-hybridized carbons (Fsp3) is 0.833. The topological polar surface area (TPSA) is 78.9 Å². The smallest absolute Gasteiger partial charge is 0.306 e. The summed E-state index contributed by atoms with van der Waals surface area (Å²) in [4.78, 5) is 38.3. The van der Waals surface area contributed by atoms with Crippen LogP contribution in [-0.2, 0) is 28.6 Å². The van der Waals surface area contributed by atoms with Gasteiger partial charge in [-0.25, -0.2) is 0 Å². The molecule has 6 heteroatoms. The summed E-state index contributed by atoms with van der Waals surface area (Å²) in [7, 11) is 0. The van der Waals surface area contributed by atoms with Crippen LogP contribution in [0.15, 0.2) is 48.6 Å². The Hall–Kier alpha value is -2.63. The third-order valence-electron chi connectivity index (χ3n) is 14.1. The highest BCUT2D eigenvalue weighted by Gasteiger charge is 2.19. The van der Waals surface area contributed by atoms with Crippen molar-refractivity contribution in [1.29, 1.82) is 0 Å². The van der Waals surface area contributed by atoms with Crippen LogP contribution in [0.25, 0.3) is 0 Å². The van der Waals surface area contributed by atoms with Crippen molar-refractivity contribution in [2.45, 2.75) is 341 Å². The number of rotatable bonds is 58. The highest BCUT2D eigenvalue weighted by molar-refractivity contribution is 5.71. The molecular formula is C66H120O6. The number of unbranched alkanes of at least 4 members (excludes halogenated alkanes) is 39. The molecule has 0 bridgehead atoms. The monoisotopic (exact) mass is 1010 g/mol. The molecule has 0 spiro atoms. The summed E-state index contributed by atoms with van der Waals surface area (Å²) in [6.45, 7) is 6.62. The van der Waals surface area contributed by atoms with Crippen LogP contribution in [0.1, 0.15) is 335 Å². The molecule has 0 aliphatic rings. The molecule has 0 aliphatic carbocycles. The van der Waals surface area contributed by atoms with Crippen molar-refractivity contribution in [1.82, 2.24) is 0 Å². The minimum absolute atomic E-state index is 0.0776. The predicted molar refractivity (Wildman–Crippen MR) is 312 cm³/mol. The second-order valence-electron chi connectivity index (χ2n) is 21.3. The van der Waals surface area contributed by atoms with E-state index in [-0.39, 0.29) is 31.1 Å². The van der Waals surface area contributed by atoms with Crippen molar-refractivity contribution < 1.29 is 28.6 Å². The van der Waals surface area contributed by atoms with E-state index in [2.05, 4.69) is 69.4 Å². The number of hydrogen-bond donors (Lipinski definition) is 0. The van der Waals surface area contributed by atoms with Crippen molar-refractivity contribution in [3.63, 3.8) is 0 Å². The van der Waals surface area contributed by atoms with Crippen LogP contribution >= 0.6 is 0 Å². The summed E-state index contributed by atoms with van der Waals surface area (Å²) in [6, 6.07) is 0.